The van der Waals surface area contributed by atoms with Gasteiger partial charge in [0.25, 0.3) is 0 Å². The number of benzene rings is 9. The van der Waals surface area contributed by atoms with Crippen LogP contribution in [0.3, 0.4) is 0 Å². The van der Waals surface area contributed by atoms with Crippen molar-refractivity contribution >= 4 is 54.2 Å². The summed E-state index contributed by atoms with van der Waals surface area (Å²) >= 11 is 0. The van der Waals surface area contributed by atoms with Crippen molar-refractivity contribution in [3.63, 3.8) is 0 Å². The lowest BCUT2D eigenvalue weighted by Crippen LogP contribution is -2.14. The van der Waals surface area contributed by atoms with Crippen LogP contribution in [0, 0.1) is 0 Å². The quantitative estimate of drug-likeness (QED) is 0.168. The maximum atomic E-state index is 6.63. The van der Waals surface area contributed by atoms with Gasteiger partial charge in [0, 0.05) is 38.4 Å². The van der Waals surface area contributed by atoms with Crippen molar-refractivity contribution in [1.29, 1.82) is 0 Å². The molecular weight excluding hydrogens is 709 g/mol. The number of hydrogen-bond donors (Lipinski definition) is 0. The molecule has 2 heterocycles. The van der Waals surface area contributed by atoms with E-state index < -0.39 is 0 Å². The summed E-state index contributed by atoms with van der Waals surface area (Å²) in [6, 6.07) is 59.6. The van der Waals surface area contributed by atoms with Gasteiger partial charge in [0.15, 0.2) is 23.1 Å². The van der Waals surface area contributed by atoms with E-state index in [1.807, 2.05) is 30.3 Å². The minimum absolute atomic E-state index is 0.160. The summed E-state index contributed by atoms with van der Waals surface area (Å²) in [5, 5.41) is 8.77. The van der Waals surface area contributed by atoms with E-state index in [0.29, 0.717) is 23.4 Å². The third-order valence-electron chi connectivity index (χ3n) is 12.1. The first-order valence-corrected chi connectivity index (χ1v) is 19.7. The molecule has 0 N–H and O–H groups in total. The predicted octanol–water partition coefficient (Wildman–Crippen LogP) is 13.6. The van der Waals surface area contributed by atoms with E-state index in [-0.39, 0.29) is 5.41 Å². The Hall–Kier alpha value is -7.50. The Bertz CT molecular complexity index is 3490. The van der Waals surface area contributed by atoms with Crippen LogP contribution in [0.1, 0.15) is 25.0 Å². The Morgan fingerprint density at radius 3 is 1.95 bits per heavy atom. The Balaban J connectivity index is 1.14. The largest absolute Gasteiger partial charge is 0.435 e. The molecular formula is C53H34N4O. The second kappa shape index (κ2) is 12.2. The van der Waals surface area contributed by atoms with Crippen molar-refractivity contribution in [2.45, 2.75) is 19.3 Å². The van der Waals surface area contributed by atoms with Crippen LogP contribution in [0.5, 0.6) is 0 Å². The van der Waals surface area contributed by atoms with Crippen LogP contribution in [-0.4, -0.2) is 19.9 Å². The minimum Gasteiger partial charge on any atom is -0.435 e. The molecule has 9 aromatic carbocycles. The van der Waals surface area contributed by atoms with Crippen LogP contribution in [0.2, 0.25) is 0 Å². The molecule has 0 amide bonds. The number of aromatic nitrogens is 4. The van der Waals surface area contributed by atoms with E-state index in [2.05, 4.69) is 153 Å². The first kappa shape index (κ1) is 32.7. The Morgan fingerprint density at radius 2 is 1.07 bits per heavy atom. The van der Waals surface area contributed by atoms with Crippen molar-refractivity contribution in [1.82, 2.24) is 19.9 Å². The molecule has 0 bridgehead atoms. The van der Waals surface area contributed by atoms with Gasteiger partial charge >= 0.3 is 0 Å². The lowest BCUT2D eigenvalue weighted by atomic mass is 9.82. The van der Waals surface area contributed by atoms with Gasteiger partial charge in [-0.05, 0) is 84.9 Å². The molecule has 0 spiro atoms. The third-order valence-corrected chi connectivity index (χ3v) is 12.1. The van der Waals surface area contributed by atoms with Gasteiger partial charge in [0.2, 0.25) is 5.89 Å². The summed E-state index contributed by atoms with van der Waals surface area (Å²) in [6.07, 6.45) is 0. The van der Waals surface area contributed by atoms with Gasteiger partial charge in [-0.25, -0.2) is 19.9 Å². The standard InChI is InChI=1S/C53H34N4O/c1-53(2)42-21-11-10-19-39(42)47-40(20-12-22-43(47)53)50-55-49(36-26-23-31-13-6-7-16-34(31)29-36)56-51(57-50)41-30-35-25-24-32-27-28-44-48(58-52(54-44)33-14-4-3-5-15-33)46(32)45(35)38-18-9-8-17-37(38)41/h3-30H,1-2H3. The monoisotopic (exact) mass is 742 g/mol. The topological polar surface area (TPSA) is 64.7 Å². The van der Waals surface area contributed by atoms with Crippen LogP contribution in [-0.2, 0) is 5.41 Å². The summed E-state index contributed by atoms with van der Waals surface area (Å²) in [7, 11) is 0. The molecule has 0 saturated heterocycles. The van der Waals surface area contributed by atoms with Crippen molar-refractivity contribution in [3.8, 4) is 56.7 Å². The zero-order valence-electron chi connectivity index (χ0n) is 31.9. The molecule has 1 aliphatic carbocycles. The predicted molar refractivity (Wildman–Crippen MR) is 237 cm³/mol. The summed E-state index contributed by atoms with van der Waals surface area (Å²) in [5.41, 5.74) is 10.3. The second-order valence-electron chi connectivity index (χ2n) is 15.8. The second-order valence-corrected chi connectivity index (χ2v) is 15.8. The van der Waals surface area contributed by atoms with Crippen molar-refractivity contribution in [2.75, 3.05) is 0 Å². The van der Waals surface area contributed by atoms with Gasteiger partial charge in [0.05, 0.1) is 0 Å². The molecule has 5 nitrogen and oxygen atoms in total. The van der Waals surface area contributed by atoms with Crippen molar-refractivity contribution in [2.24, 2.45) is 0 Å². The molecule has 0 atom stereocenters. The zero-order valence-corrected chi connectivity index (χ0v) is 31.9. The third kappa shape index (κ3) is 4.83. The summed E-state index contributed by atoms with van der Waals surface area (Å²) in [6.45, 7) is 4.61. The number of oxazole rings is 1. The lowest BCUT2D eigenvalue weighted by Gasteiger charge is -2.21. The number of hydrogen-bond acceptors (Lipinski definition) is 5. The Kier molecular flexibility index (Phi) is 6.91. The Labute approximate surface area is 334 Å². The van der Waals surface area contributed by atoms with E-state index in [1.54, 1.807) is 0 Å². The average Bonchev–Trinajstić information content (AvgIpc) is 3.82. The van der Waals surface area contributed by atoms with Gasteiger partial charge in [-0.1, -0.05) is 153 Å². The van der Waals surface area contributed by atoms with Gasteiger partial charge < -0.3 is 4.42 Å². The van der Waals surface area contributed by atoms with Gasteiger partial charge in [0.1, 0.15) is 5.52 Å². The molecule has 12 rings (SSSR count). The van der Waals surface area contributed by atoms with E-state index in [9.17, 15) is 0 Å². The Morgan fingerprint density at radius 1 is 0.414 bits per heavy atom. The first-order chi connectivity index (χ1) is 28.5. The van der Waals surface area contributed by atoms with Crippen molar-refractivity contribution in [3.05, 3.63) is 181 Å². The molecule has 0 fully saturated rings. The maximum Gasteiger partial charge on any atom is 0.227 e. The number of fused-ring (bicyclic) bond motifs is 11. The molecule has 0 aliphatic heterocycles. The molecule has 11 aromatic rings. The minimum atomic E-state index is -0.160. The van der Waals surface area contributed by atoms with Crippen molar-refractivity contribution < 1.29 is 4.42 Å². The maximum absolute atomic E-state index is 6.63. The summed E-state index contributed by atoms with van der Waals surface area (Å²) in [4.78, 5) is 21.0. The molecule has 58 heavy (non-hydrogen) atoms. The smallest absolute Gasteiger partial charge is 0.227 e. The SMILES string of the molecule is CC1(C)c2ccccc2-c2c(-c3nc(-c4ccc5ccccc5c4)nc(-c4cc5ccc6ccc7nc(-c8ccccc8)oc7c6c5c5ccccc45)n3)cccc21. The number of rotatable bonds is 4. The fraction of sp³-hybridized carbons (Fsp3) is 0.0566. The van der Waals surface area contributed by atoms with E-state index in [1.165, 1.54) is 27.6 Å². The highest BCUT2D eigenvalue weighted by Crippen LogP contribution is 2.52. The zero-order chi connectivity index (χ0) is 38.5. The molecule has 0 saturated carbocycles. The highest BCUT2D eigenvalue weighted by molar-refractivity contribution is 6.28. The molecule has 0 unspecified atom stereocenters. The summed E-state index contributed by atoms with van der Waals surface area (Å²) < 4.78 is 6.63. The van der Waals surface area contributed by atoms with Gasteiger partial charge in [-0.2, -0.15) is 0 Å². The van der Waals surface area contributed by atoms with Crippen LogP contribution < -0.4 is 0 Å². The molecule has 1 aliphatic rings. The van der Waals surface area contributed by atoms with E-state index in [4.69, 9.17) is 24.4 Å². The van der Waals surface area contributed by atoms with Gasteiger partial charge in [-0.15, -0.1) is 0 Å². The van der Waals surface area contributed by atoms with Crippen LogP contribution in [0.4, 0.5) is 0 Å². The first-order valence-electron chi connectivity index (χ1n) is 19.7. The van der Waals surface area contributed by atoms with Crippen LogP contribution in [0.25, 0.3) is 111 Å². The molecule has 5 heteroatoms. The van der Waals surface area contributed by atoms with Crippen LogP contribution >= 0.6 is 0 Å². The fourth-order valence-electron chi connectivity index (χ4n) is 9.30. The van der Waals surface area contributed by atoms with E-state index >= 15 is 0 Å². The highest BCUT2D eigenvalue weighted by atomic mass is 16.3. The summed E-state index contributed by atoms with van der Waals surface area (Å²) in [5.74, 6) is 2.52. The van der Waals surface area contributed by atoms with E-state index in [0.717, 1.165) is 71.1 Å². The molecule has 2 aromatic heterocycles. The lowest BCUT2D eigenvalue weighted by molar-refractivity contribution is 0.623. The molecule has 0 radical (unpaired) electrons. The fourth-order valence-corrected chi connectivity index (χ4v) is 9.30. The average molecular weight is 743 g/mol. The molecule has 272 valence electrons. The number of nitrogens with zero attached hydrogens (tertiary/aromatic N) is 4. The highest BCUT2D eigenvalue weighted by Gasteiger charge is 2.37. The van der Waals surface area contributed by atoms with Crippen LogP contribution in [0.15, 0.2) is 174 Å². The normalized spacial score (nSPS) is 13.1. The van der Waals surface area contributed by atoms with Gasteiger partial charge in [-0.3, -0.25) is 0 Å².